The minimum Gasteiger partial charge on any atom is -0.396 e. The summed E-state index contributed by atoms with van der Waals surface area (Å²) in [6.07, 6.45) is 2.01. The van der Waals surface area contributed by atoms with Crippen molar-refractivity contribution >= 4 is 0 Å². The van der Waals surface area contributed by atoms with E-state index in [1.54, 1.807) is 0 Å². The minimum atomic E-state index is 0.291. The van der Waals surface area contributed by atoms with Crippen LogP contribution in [0.4, 0.5) is 0 Å². The fraction of sp³-hybridized carbons (Fsp3) is 0.800. The first-order chi connectivity index (χ1) is 5.85. The van der Waals surface area contributed by atoms with Gasteiger partial charge in [-0.25, -0.2) is 0 Å². The van der Waals surface area contributed by atoms with Crippen LogP contribution in [0.25, 0.3) is 0 Å². The molecule has 0 bridgehead atoms. The molecule has 0 heterocycles. The van der Waals surface area contributed by atoms with Crippen molar-refractivity contribution in [1.29, 1.82) is 0 Å². The first kappa shape index (κ1) is 11.5. The van der Waals surface area contributed by atoms with E-state index in [0.29, 0.717) is 12.5 Å². The Morgan fingerprint density at radius 1 is 1.50 bits per heavy atom. The quantitative estimate of drug-likeness (QED) is 0.459. The SMILES string of the molecule is CC#CCNCC(CC)CCO. The summed E-state index contributed by atoms with van der Waals surface area (Å²) in [5.74, 6) is 6.37. The summed E-state index contributed by atoms with van der Waals surface area (Å²) in [4.78, 5) is 0. The number of rotatable bonds is 6. The predicted molar refractivity (Wildman–Crippen MR) is 51.8 cm³/mol. The van der Waals surface area contributed by atoms with Crippen LogP contribution in [0, 0.1) is 17.8 Å². The zero-order valence-corrected chi connectivity index (χ0v) is 8.06. The van der Waals surface area contributed by atoms with E-state index in [9.17, 15) is 0 Å². The van der Waals surface area contributed by atoms with Gasteiger partial charge in [0, 0.05) is 6.61 Å². The number of aliphatic hydroxyl groups is 1. The smallest absolute Gasteiger partial charge is 0.0576 e. The molecule has 2 nitrogen and oxygen atoms in total. The van der Waals surface area contributed by atoms with Gasteiger partial charge in [-0.1, -0.05) is 19.3 Å². The van der Waals surface area contributed by atoms with Gasteiger partial charge in [-0.15, -0.1) is 5.92 Å². The summed E-state index contributed by atoms with van der Waals surface area (Å²) in [6, 6.07) is 0. The van der Waals surface area contributed by atoms with Crippen molar-refractivity contribution in [3.8, 4) is 11.8 Å². The average Bonchev–Trinajstić information content (AvgIpc) is 2.10. The monoisotopic (exact) mass is 169 g/mol. The van der Waals surface area contributed by atoms with Crippen molar-refractivity contribution in [2.24, 2.45) is 5.92 Å². The standard InChI is InChI=1S/C10H19NO/c1-3-5-7-11-9-10(4-2)6-8-12/h10-12H,4,6-9H2,1-2H3. The fourth-order valence-electron chi connectivity index (χ4n) is 1.06. The molecule has 0 aliphatic heterocycles. The highest BCUT2D eigenvalue weighted by Crippen LogP contribution is 2.04. The molecule has 0 aromatic heterocycles. The highest BCUT2D eigenvalue weighted by atomic mass is 16.3. The van der Waals surface area contributed by atoms with E-state index in [0.717, 1.165) is 25.9 Å². The number of nitrogens with one attached hydrogen (secondary N) is 1. The van der Waals surface area contributed by atoms with Gasteiger partial charge in [-0.3, -0.25) is 0 Å². The van der Waals surface area contributed by atoms with E-state index in [-0.39, 0.29) is 0 Å². The van der Waals surface area contributed by atoms with Gasteiger partial charge in [0.1, 0.15) is 0 Å². The molecular weight excluding hydrogens is 150 g/mol. The fourth-order valence-corrected chi connectivity index (χ4v) is 1.06. The minimum absolute atomic E-state index is 0.291. The van der Waals surface area contributed by atoms with E-state index in [2.05, 4.69) is 24.1 Å². The van der Waals surface area contributed by atoms with Crippen molar-refractivity contribution in [2.75, 3.05) is 19.7 Å². The lowest BCUT2D eigenvalue weighted by Gasteiger charge is -2.12. The van der Waals surface area contributed by atoms with E-state index < -0.39 is 0 Å². The highest BCUT2D eigenvalue weighted by Gasteiger charge is 2.03. The highest BCUT2D eigenvalue weighted by molar-refractivity contribution is 4.96. The Labute approximate surface area is 75.4 Å². The van der Waals surface area contributed by atoms with Crippen LogP contribution in [-0.4, -0.2) is 24.8 Å². The summed E-state index contributed by atoms with van der Waals surface area (Å²) in [6.45, 7) is 6.00. The second-order valence-electron chi connectivity index (χ2n) is 2.84. The Hall–Kier alpha value is -0.520. The lowest BCUT2D eigenvalue weighted by molar-refractivity contribution is 0.252. The average molecular weight is 169 g/mol. The molecule has 2 N–H and O–H groups in total. The molecule has 0 amide bonds. The van der Waals surface area contributed by atoms with Crippen molar-refractivity contribution in [1.82, 2.24) is 5.32 Å². The van der Waals surface area contributed by atoms with Gasteiger partial charge in [0.15, 0.2) is 0 Å². The number of aliphatic hydroxyl groups excluding tert-OH is 1. The molecule has 0 aliphatic carbocycles. The van der Waals surface area contributed by atoms with Gasteiger partial charge in [-0.2, -0.15) is 0 Å². The summed E-state index contributed by atoms with van der Waals surface area (Å²) in [5, 5.41) is 12.0. The van der Waals surface area contributed by atoms with Crippen LogP contribution in [-0.2, 0) is 0 Å². The second-order valence-corrected chi connectivity index (χ2v) is 2.84. The first-order valence-electron chi connectivity index (χ1n) is 4.56. The van der Waals surface area contributed by atoms with E-state index >= 15 is 0 Å². The van der Waals surface area contributed by atoms with Crippen LogP contribution in [0.15, 0.2) is 0 Å². The number of hydrogen-bond donors (Lipinski definition) is 2. The van der Waals surface area contributed by atoms with Crippen LogP contribution in [0.5, 0.6) is 0 Å². The summed E-state index contributed by atoms with van der Waals surface area (Å²) in [7, 11) is 0. The summed E-state index contributed by atoms with van der Waals surface area (Å²) >= 11 is 0. The molecule has 0 rings (SSSR count). The van der Waals surface area contributed by atoms with Gasteiger partial charge >= 0.3 is 0 Å². The molecular formula is C10H19NO. The third-order valence-corrected chi connectivity index (χ3v) is 1.94. The summed E-state index contributed by atoms with van der Waals surface area (Å²) in [5.41, 5.74) is 0. The Balaban J connectivity index is 3.35. The largest absolute Gasteiger partial charge is 0.396 e. The van der Waals surface area contributed by atoms with Gasteiger partial charge in [0.2, 0.25) is 0 Å². The lowest BCUT2D eigenvalue weighted by atomic mass is 10.0. The molecule has 0 aliphatic rings. The Bertz CT molecular complexity index is 146. The molecule has 1 atom stereocenters. The lowest BCUT2D eigenvalue weighted by Crippen LogP contribution is -2.23. The topological polar surface area (TPSA) is 32.3 Å². The van der Waals surface area contributed by atoms with Gasteiger partial charge in [0.05, 0.1) is 6.54 Å². The van der Waals surface area contributed by atoms with Crippen molar-refractivity contribution in [3.63, 3.8) is 0 Å². The first-order valence-corrected chi connectivity index (χ1v) is 4.56. The molecule has 70 valence electrons. The summed E-state index contributed by atoms with van der Waals surface area (Å²) < 4.78 is 0. The maximum absolute atomic E-state index is 8.71. The Kier molecular flexibility index (Phi) is 8.20. The predicted octanol–water partition coefficient (Wildman–Crippen LogP) is 1.01. The molecule has 0 saturated carbocycles. The Morgan fingerprint density at radius 3 is 2.75 bits per heavy atom. The van der Waals surface area contributed by atoms with Gasteiger partial charge in [0.25, 0.3) is 0 Å². The Morgan fingerprint density at radius 2 is 2.25 bits per heavy atom. The number of hydrogen-bond acceptors (Lipinski definition) is 2. The van der Waals surface area contributed by atoms with Gasteiger partial charge in [-0.05, 0) is 25.8 Å². The molecule has 1 unspecified atom stereocenters. The van der Waals surface area contributed by atoms with Crippen LogP contribution in [0.3, 0.4) is 0 Å². The van der Waals surface area contributed by atoms with Crippen LogP contribution in [0.2, 0.25) is 0 Å². The third-order valence-electron chi connectivity index (χ3n) is 1.94. The molecule has 0 aromatic carbocycles. The van der Waals surface area contributed by atoms with Gasteiger partial charge < -0.3 is 10.4 Å². The maximum Gasteiger partial charge on any atom is 0.0576 e. The maximum atomic E-state index is 8.71. The zero-order valence-electron chi connectivity index (χ0n) is 8.06. The molecule has 0 radical (unpaired) electrons. The van der Waals surface area contributed by atoms with Crippen molar-refractivity contribution in [2.45, 2.75) is 26.7 Å². The zero-order chi connectivity index (χ0) is 9.23. The molecule has 0 fully saturated rings. The molecule has 2 heteroatoms. The van der Waals surface area contributed by atoms with Crippen LogP contribution < -0.4 is 5.32 Å². The third kappa shape index (κ3) is 6.21. The second kappa shape index (κ2) is 8.58. The van der Waals surface area contributed by atoms with E-state index in [4.69, 9.17) is 5.11 Å². The molecule has 0 saturated heterocycles. The van der Waals surface area contributed by atoms with Crippen molar-refractivity contribution in [3.05, 3.63) is 0 Å². The molecule has 0 aromatic rings. The van der Waals surface area contributed by atoms with Crippen LogP contribution in [0.1, 0.15) is 26.7 Å². The van der Waals surface area contributed by atoms with E-state index in [1.165, 1.54) is 0 Å². The van der Waals surface area contributed by atoms with E-state index in [1.807, 2.05) is 6.92 Å². The molecule has 0 spiro atoms. The molecule has 12 heavy (non-hydrogen) atoms. The van der Waals surface area contributed by atoms with Crippen molar-refractivity contribution < 1.29 is 5.11 Å². The normalized spacial score (nSPS) is 11.9. The van der Waals surface area contributed by atoms with Crippen LogP contribution >= 0.6 is 0 Å².